The SMILES string of the molecule is COCc1c(C(=O)NC2COCCC2OCc2ccccc2)noc1C. The van der Waals surface area contributed by atoms with Crippen molar-refractivity contribution in [1.82, 2.24) is 10.5 Å². The van der Waals surface area contributed by atoms with Crippen molar-refractivity contribution in [2.75, 3.05) is 20.3 Å². The van der Waals surface area contributed by atoms with Crippen molar-refractivity contribution in [2.24, 2.45) is 0 Å². The lowest BCUT2D eigenvalue weighted by Gasteiger charge is -2.32. The van der Waals surface area contributed by atoms with Crippen molar-refractivity contribution in [3.8, 4) is 0 Å². The Morgan fingerprint density at radius 1 is 1.31 bits per heavy atom. The van der Waals surface area contributed by atoms with Crippen LogP contribution in [0.4, 0.5) is 0 Å². The maximum atomic E-state index is 12.6. The molecule has 1 aromatic heterocycles. The minimum absolute atomic E-state index is 0.119. The Kier molecular flexibility index (Phi) is 6.38. The van der Waals surface area contributed by atoms with Crippen molar-refractivity contribution in [2.45, 2.75) is 38.7 Å². The van der Waals surface area contributed by atoms with Gasteiger partial charge in [0.05, 0.1) is 37.5 Å². The number of carbonyl (C=O) groups is 1. The van der Waals surface area contributed by atoms with Gasteiger partial charge >= 0.3 is 0 Å². The summed E-state index contributed by atoms with van der Waals surface area (Å²) in [4.78, 5) is 12.6. The third-order valence-corrected chi connectivity index (χ3v) is 4.40. The summed E-state index contributed by atoms with van der Waals surface area (Å²) in [6.07, 6.45) is 0.604. The van der Waals surface area contributed by atoms with Gasteiger partial charge in [-0.3, -0.25) is 4.79 Å². The van der Waals surface area contributed by atoms with Crippen LogP contribution < -0.4 is 5.32 Å². The quantitative estimate of drug-likeness (QED) is 0.815. The van der Waals surface area contributed by atoms with Gasteiger partial charge in [0.25, 0.3) is 5.91 Å². The highest BCUT2D eigenvalue weighted by atomic mass is 16.5. The first-order valence-electron chi connectivity index (χ1n) is 8.67. The Bertz CT molecular complexity index is 716. The average Bonchev–Trinajstić information content (AvgIpc) is 3.03. The fourth-order valence-corrected chi connectivity index (χ4v) is 2.95. The molecule has 1 fully saturated rings. The first kappa shape index (κ1) is 18.6. The second-order valence-corrected chi connectivity index (χ2v) is 6.28. The predicted octanol–water partition coefficient (Wildman–Crippen LogP) is 2.23. The number of methoxy groups -OCH3 is 1. The molecular weight excluding hydrogens is 336 g/mol. The van der Waals surface area contributed by atoms with Crippen LogP contribution in [0.2, 0.25) is 0 Å². The van der Waals surface area contributed by atoms with Crippen LogP contribution in [0.1, 0.15) is 33.8 Å². The minimum atomic E-state index is -0.308. The van der Waals surface area contributed by atoms with Crippen molar-refractivity contribution in [1.29, 1.82) is 0 Å². The lowest BCUT2D eigenvalue weighted by Crippen LogP contribution is -2.50. The molecule has 1 saturated heterocycles. The topological polar surface area (TPSA) is 82.8 Å². The number of nitrogens with one attached hydrogen (secondary N) is 1. The molecule has 1 aliphatic rings. The molecule has 2 unspecified atom stereocenters. The summed E-state index contributed by atoms with van der Waals surface area (Å²) in [6.45, 7) is 3.54. The van der Waals surface area contributed by atoms with E-state index in [0.29, 0.717) is 31.1 Å². The number of hydrogen-bond donors (Lipinski definition) is 1. The van der Waals surface area contributed by atoms with Crippen LogP contribution in [-0.2, 0) is 27.4 Å². The molecule has 2 heterocycles. The Hall–Kier alpha value is -2.22. The third kappa shape index (κ3) is 4.49. The molecule has 1 amide bonds. The Morgan fingerprint density at radius 3 is 2.88 bits per heavy atom. The van der Waals surface area contributed by atoms with Crippen molar-refractivity contribution < 1.29 is 23.5 Å². The first-order chi connectivity index (χ1) is 12.7. The van der Waals surface area contributed by atoms with Gasteiger partial charge in [-0.1, -0.05) is 35.5 Å². The van der Waals surface area contributed by atoms with E-state index < -0.39 is 0 Å². The lowest BCUT2D eigenvalue weighted by atomic mass is 10.1. The number of rotatable bonds is 7. The smallest absolute Gasteiger partial charge is 0.274 e. The molecule has 2 aromatic rings. The van der Waals surface area contributed by atoms with Gasteiger partial charge in [0, 0.05) is 13.7 Å². The standard InChI is InChI=1S/C19H24N2O5/c1-13-15(11-23-2)18(21-26-13)19(22)20-16-12-24-9-8-17(16)25-10-14-6-4-3-5-7-14/h3-7,16-17H,8-12H2,1-2H3,(H,20,22). The van der Waals surface area contributed by atoms with E-state index in [1.807, 2.05) is 30.3 Å². The molecule has 2 atom stereocenters. The highest BCUT2D eigenvalue weighted by Crippen LogP contribution is 2.18. The normalized spacial score (nSPS) is 20.1. The van der Waals surface area contributed by atoms with Crippen LogP contribution in [0.15, 0.2) is 34.9 Å². The second-order valence-electron chi connectivity index (χ2n) is 6.28. The van der Waals surface area contributed by atoms with Crippen LogP contribution in [0.5, 0.6) is 0 Å². The summed E-state index contributed by atoms with van der Waals surface area (Å²) >= 11 is 0. The zero-order chi connectivity index (χ0) is 18.4. The zero-order valence-electron chi connectivity index (χ0n) is 15.1. The Balaban J connectivity index is 1.63. The number of benzene rings is 1. The van der Waals surface area contributed by atoms with E-state index >= 15 is 0 Å². The molecule has 26 heavy (non-hydrogen) atoms. The molecule has 0 saturated carbocycles. The molecule has 1 aliphatic heterocycles. The Morgan fingerprint density at radius 2 is 2.12 bits per heavy atom. The van der Waals surface area contributed by atoms with Crippen molar-refractivity contribution >= 4 is 5.91 Å². The van der Waals surface area contributed by atoms with E-state index in [0.717, 1.165) is 12.0 Å². The van der Waals surface area contributed by atoms with Gasteiger partial charge in [-0.15, -0.1) is 0 Å². The van der Waals surface area contributed by atoms with Crippen molar-refractivity contribution in [3.05, 3.63) is 52.9 Å². The first-order valence-corrected chi connectivity index (χ1v) is 8.67. The summed E-state index contributed by atoms with van der Waals surface area (Å²) in [5, 5.41) is 6.84. The van der Waals surface area contributed by atoms with E-state index in [2.05, 4.69) is 10.5 Å². The second kappa shape index (κ2) is 8.93. The summed E-state index contributed by atoms with van der Waals surface area (Å²) in [6, 6.07) is 9.72. The largest absolute Gasteiger partial charge is 0.380 e. The predicted molar refractivity (Wildman–Crippen MR) is 93.7 cm³/mol. The number of nitrogens with zero attached hydrogens (tertiary/aromatic N) is 1. The average molecular weight is 360 g/mol. The van der Waals surface area contributed by atoms with Gasteiger partial charge in [0.15, 0.2) is 5.69 Å². The molecule has 140 valence electrons. The van der Waals surface area contributed by atoms with E-state index in [4.69, 9.17) is 18.7 Å². The van der Waals surface area contributed by atoms with E-state index in [1.165, 1.54) is 0 Å². The summed E-state index contributed by atoms with van der Waals surface area (Å²) in [5.41, 5.74) is 2.00. The number of aryl methyl sites for hydroxylation is 1. The molecule has 7 heteroatoms. The van der Waals surface area contributed by atoms with Crippen LogP contribution in [0, 0.1) is 6.92 Å². The molecule has 0 bridgehead atoms. The molecule has 0 aliphatic carbocycles. The van der Waals surface area contributed by atoms with Gasteiger partial charge in [-0.25, -0.2) is 0 Å². The summed E-state index contributed by atoms with van der Waals surface area (Å²) in [5.74, 6) is 0.270. The molecule has 3 rings (SSSR count). The lowest BCUT2D eigenvalue weighted by molar-refractivity contribution is -0.0605. The molecule has 1 N–H and O–H groups in total. The van der Waals surface area contributed by atoms with Crippen LogP contribution in [0.25, 0.3) is 0 Å². The zero-order valence-corrected chi connectivity index (χ0v) is 15.1. The fraction of sp³-hybridized carbons (Fsp3) is 0.474. The highest BCUT2D eigenvalue weighted by molar-refractivity contribution is 5.94. The van der Waals surface area contributed by atoms with E-state index in [9.17, 15) is 4.79 Å². The maximum Gasteiger partial charge on any atom is 0.274 e. The molecule has 1 aromatic carbocycles. The molecule has 0 radical (unpaired) electrons. The van der Waals surface area contributed by atoms with Gasteiger partial charge in [-0.05, 0) is 18.9 Å². The number of carbonyl (C=O) groups excluding carboxylic acids is 1. The Labute approximate surface area is 152 Å². The summed E-state index contributed by atoms with van der Waals surface area (Å²) < 4.78 is 21.8. The monoisotopic (exact) mass is 360 g/mol. The molecular formula is C19H24N2O5. The highest BCUT2D eigenvalue weighted by Gasteiger charge is 2.30. The van der Waals surface area contributed by atoms with Gasteiger partial charge < -0.3 is 24.1 Å². The summed E-state index contributed by atoms with van der Waals surface area (Å²) in [7, 11) is 1.57. The third-order valence-electron chi connectivity index (χ3n) is 4.40. The molecule has 7 nitrogen and oxygen atoms in total. The van der Waals surface area contributed by atoms with Crippen LogP contribution in [0.3, 0.4) is 0 Å². The number of ether oxygens (including phenoxy) is 3. The number of aromatic nitrogens is 1. The van der Waals surface area contributed by atoms with Gasteiger partial charge in [0.1, 0.15) is 5.76 Å². The van der Waals surface area contributed by atoms with E-state index in [1.54, 1.807) is 14.0 Å². The van der Waals surface area contributed by atoms with Crippen LogP contribution in [-0.4, -0.2) is 43.5 Å². The van der Waals surface area contributed by atoms with Gasteiger partial charge in [0.2, 0.25) is 0 Å². The number of amides is 1. The molecule has 0 spiro atoms. The van der Waals surface area contributed by atoms with Gasteiger partial charge in [-0.2, -0.15) is 0 Å². The maximum absolute atomic E-state index is 12.6. The number of hydrogen-bond acceptors (Lipinski definition) is 6. The fourth-order valence-electron chi connectivity index (χ4n) is 2.95. The minimum Gasteiger partial charge on any atom is -0.380 e. The van der Waals surface area contributed by atoms with Crippen molar-refractivity contribution in [3.63, 3.8) is 0 Å². The van der Waals surface area contributed by atoms with Crippen LogP contribution >= 0.6 is 0 Å². The van der Waals surface area contributed by atoms with E-state index in [-0.39, 0.29) is 30.4 Å².